The molecular weight excluding hydrogens is 426 g/mol. The van der Waals surface area contributed by atoms with Crippen LogP contribution in [0.1, 0.15) is 12.5 Å². The van der Waals surface area contributed by atoms with Crippen molar-refractivity contribution in [2.45, 2.75) is 19.0 Å². The van der Waals surface area contributed by atoms with Gasteiger partial charge in [-0.1, -0.05) is 60.7 Å². The maximum atomic E-state index is 11.8. The fourth-order valence-electron chi connectivity index (χ4n) is 3.93. The number of nitrogens with one attached hydrogen (secondary N) is 1. The second-order valence-corrected chi connectivity index (χ2v) is 10.0. The van der Waals surface area contributed by atoms with Gasteiger partial charge in [0.05, 0.1) is 31.1 Å². The van der Waals surface area contributed by atoms with Crippen molar-refractivity contribution in [3.8, 4) is 0 Å². The molecule has 4 rings (SSSR count). The van der Waals surface area contributed by atoms with Crippen molar-refractivity contribution < 1.29 is 22.8 Å². The fourth-order valence-corrected chi connectivity index (χ4v) is 4.72. The van der Waals surface area contributed by atoms with Gasteiger partial charge in [0.15, 0.2) is 0 Å². The molecule has 0 aromatic heterocycles. The zero-order valence-electron chi connectivity index (χ0n) is 17.9. The lowest BCUT2D eigenvalue weighted by Crippen LogP contribution is -2.49. The van der Waals surface area contributed by atoms with Crippen LogP contribution in [0.4, 0.5) is 0 Å². The molecule has 0 bridgehead atoms. The summed E-state index contributed by atoms with van der Waals surface area (Å²) < 4.78 is 28.7. The Bertz CT molecular complexity index is 1370. The van der Waals surface area contributed by atoms with Crippen LogP contribution in [0.15, 0.2) is 66.7 Å². The summed E-state index contributed by atoms with van der Waals surface area (Å²) in [5.41, 5.74) is 0.0690. The molecule has 168 valence electrons. The first-order chi connectivity index (χ1) is 15.4. The maximum absolute atomic E-state index is 11.8. The monoisotopic (exact) mass is 453 g/mol. The molecule has 7 heteroatoms. The quantitative estimate of drug-likeness (QED) is 0.266. The van der Waals surface area contributed by atoms with E-state index in [9.17, 15) is 13.5 Å². The van der Waals surface area contributed by atoms with E-state index in [-0.39, 0.29) is 13.2 Å². The van der Waals surface area contributed by atoms with Gasteiger partial charge in [-0.25, -0.2) is 0 Å². The molecule has 0 radical (unpaired) electrons. The summed E-state index contributed by atoms with van der Waals surface area (Å²) in [5.74, 6) is -0.475. The minimum Gasteiger partial charge on any atom is -0.395 e. The molecule has 0 heterocycles. The largest absolute Gasteiger partial charge is 0.395 e. The molecule has 0 amide bonds. The summed E-state index contributed by atoms with van der Waals surface area (Å²) in [6.45, 7) is 1.07. The Kier molecular flexibility index (Phi) is 6.46. The Hall–Kier alpha value is -2.55. The average Bonchev–Trinajstić information content (AvgIpc) is 2.81. The van der Waals surface area contributed by atoms with E-state index in [0.717, 1.165) is 27.1 Å². The lowest BCUT2D eigenvalue weighted by molar-refractivity contribution is 0.117. The van der Waals surface area contributed by atoms with E-state index in [0.29, 0.717) is 6.54 Å². The van der Waals surface area contributed by atoms with Crippen LogP contribution in [0.3, 0.4) is 0 Å². The third kappa shape index (κ3) is 4.62. The van der Waals surface area contributed by atoms with Gasteiger partial charge >= 0.3 is 0 Å². The number of aliphatic hydroxyl groups excluding tert-OH is 2. The molecule has 0 spiro atoms. The standard InChI is InChI=1S/C25H27NO5S/c1-25(16-28,17-31-32(29,30)13-12-27)26-15-19-14-24-20-7-3-2-6-18(20)10-11-23(24)22-9-5-4-8-21(19)22/h2-11,14,26-28H,12-13,15-17H2,1H3. The molecule has 3 N–H and O–H groups in total. The van der Waals surface area contributed by atoms with Crippen molar-refractivity contribution in [3.63, 3.8) is 0 Å². The van der Waals surface area contributed by atoms with Gasteiger partial charge < -0.3 is 15.5 Å². The lowest BCUT2D eigenvalue weighted by Gasteiger charge is -2.28. The third-order valence-corrected chi connectivity index (χ3v) is 6.96. The minimum absolute atomic E-state index is 0.236. The summed E-state index contributed by atoms with van der Waals surface area (Å²) in [6, 6.07) is 22.9. The van der Waals surface area contributed by atoms with E-state index < -0.39 is 28.0 Å². The maximum Gasteiger partial charge on any atom is 0.269 e. The van der Waals surface area contributed by atoms with Crippen molar-refractivity contribution in [1.82, 2.24) is 5.32 Å². The van der Waals surface area contributed by atoms with Crippen LogP contribution in [0, 0.1) is 0 Å². The molecule has 4 aromatic rings. The first kappa shape index (κ1) is 22.6. The summed E-state index contributed by atoms with van der Waals surface area (Å²) in [4.78, 5) is 0. The number of benzene rings is 4. The van der Waals surface area contributed by atoms with Gasteiger partial charge in [0, 0.05) is 6.54 Å². The smallest absolute Gasteiger partial charge is 0.269 e. The second kappa shape index (κ2) is 9.13. The van der Waals surface area contributed by atoms with Crippen LogP contribution in [0.2, 0.25) is 0 Å². The zero-order valence-corrected chi connectivity index (χ0v) is 18.7. The van der Waals surface area contributed by atoms with Gasteiger partial charge in [0.2, 0.25) is 0 Å². The fraction of sp³-hybridized carbons (Fsp3) is 0.280. The van der Waals surface area contributed by atoms with Gasteiger partial charge in [0.1, 0.15) is 0 Å². The molecule has 1 unspecified atom stereocenters. The number of hydrogen-bond acceptors (Lipinski definition) is 6. The highest BCUT2D eigenvalue weighted by Gasteiger charge is 2.26. The Morgan fingerprint density at radius 1 is 0.875 bits per heavy atom. The molecule has 0 saturated heterocycles. The summed E-state index contributed by atoms with van der Waals surface area (Å²) in [6.07, 6.45) is 0. The van der Waals surface area contributed by atoms with Gasteiger partial charge in [-0.15, -0.1) is 0 Å². The van der Waals surface area contributed by atoms with Crippen molar-refractivity contribution in [1.29, 1.82) is 0 Å². The van der Waals surface area contributed by atoms with Crippen molar-refractivity contribution in [2.75, 3.05) is 25.6 Å². The lowest BCUT2D eigenvalue weighted by atomic mass is 9.93. The van der Waals surface area contributed by atoms with Gasteiger partial charge in [-0.3, -0.25) is 4.18 Å². The Morgan fingerprint density at radius 3 is 2.25 bits per heavy atom. The second-order valence-electron chi connectivity index (χ2n) is 8.28. The first-order valence-electron chi connectivity index (χ1n) is 10.5. The predicted molar refractivity (Wildman–Crippen MR) is 128 cm³/mol. The molecule has 0 aliphatic rings. The highest BCUT2D eigenvalue weighted by molar-refractivity contribution is 7.86. The van der Waals surface area contributed by atoms with Gasteiger partial charge in [-0.05, 0) is 50.9 Å². The number of rotatable bonds is 9. The van der Waals surface area contributed by atoms with E-state index >= 15 is 0 Å². The first-order valence-corrected chi connectivity index (χ1v) is 12.1. The Balaban J connectivity index is 1.71. The molecule has 0 fully saturated rings. The van der Waals surface area contributed by atoms with Crippen LogP contribution in [0.5, 0.6) is 0 Å². The third-order valence-electron chi connectivity index (χ3n) is 5.81. The number of fused-ring (bicyclic) bond motifs is 5. The van der Waals surface area contributed by atoms with Crippen LogP contribution in [0.25, 0.3) is 32.3 Å². The molecule has 1 atom stereocenters. The molecule has 4 aromatic carbocycles. The normalized spacial score (nSPS) is 14.2. The minimum atomic E-state index is -3.85. The summed E-state index contributed by atoms with van der Waals surface area (Å²) in [5, 5.41) is 29.0. The van der Waals surface area contributed by atoms with Crippen molar-refractivity contribution >= 4 is 42.4 Å². The average molecular weight is 454 g/mol. The van der Waals surface area contributed by atoms with E-state index in [1.54, 1.807) is 6.92 Å². The van der Waals surface area contributed by atoms with Gasteiger partial charge in [-0.2, -0.15) is 8.42 Å². The van der Waals surface area contributed by atoms with Crippen LogP contribution in [-0.2, 0) is 20.8 Å². The van der Waals surface area contributed by atoms with E-state index in [4.69, 9.17) is 9.29 Å². The van der Waals surface area contributed by atoms with E-state index in [1.807, 2.05) is 24.3 Å². The number of aliphatic hydroxyl groups is 2. The highest BCUT2D eigenvalue weighted by Crippen LogP contribution is 2.33. The summed E-state index contributed by atoms with van der Waals surface area (Å²) in [7, 11) is -3.85. The number of hydrogen-bond donors (Lipinski definition) is 3. The predicted octanol–water partition coefficient (Wildman–Crippen LogP) is 3.33. The van der Waals surface area contributed by atoms with Crippen LogP contribution in [-0.4, -0.2) is 49.7 Å². The molecule has 0 saturated carbocycles. The Labute approximate surface area is 187 Å². The molecular formula is C25H27NO5S. The Morgan fingerprint density at radius 2 is 1.53 bits per heavy atom. The molecule has 0 aliphatic heterocycles. The molecule has 0 aliphatic carbocycles. The SMILES string of the molecule is CC(CO)(COS(=O)(=O)CCO)NCc1cc2c3ccccc3ccc2c2ccccc12. The van der Waals surface area contributed by atoms with Gasteiger partial charge in [0.25, 0.3) is 10.1 Å². The van der Waals surface area contributed by atoms with Crippen LogP contribution < -0.4 is 5.32 Å². The van der Waals surface area contributed by atoms with Crippen molar-refractivity contribution in [2.24, 2.45) is 0 Å². The highest BCUT2D eigenvalue weighted by atomic mass is 32.2. The summed E-state index contributed by atoms with van der Waals surface area (Å²) >= 11 is 0. The molecule has 6 nitrogen and oxygen atoms in total. The van der Waals surface area contributed by atoms with Crippen molar-refractivity contribution in [3.05, 3.63) is 72.3 Å². The van der Waals surface area contributed by atoms with E-state index in [2.05, 4.69) is 47.8 Å². The topological polar surface area (TPSA) is 95.9 Å². The van der Waals surface area contributed by atoms with E-state index in [1.165, 1.54) is 10.8 Å². The zero-order chi connectivity index (χ0) is 22.8. The molecule has 32 heavy (non-hydrogen) atoms. The van der Waals surface area contributed by atoms with Crippen LogP contribution >= 0.6 is 0 Å².